The smallest absolute Gasteiger partial charge is 0.278 e. The first kappa shape index (κ1) is 18.4. The van der Waals surface area contributed by atoms with E-state index in [9.17, 15) is 4.79 Å². The molecule has 7 nitrogen and oxygen atoms in total. The fraction of sp³-hybridized carbons (Fsp3) is 0.250. The van der Waals surface area contributed by atoms with E-state index in [0.29, 0.717) is 22.9 Å². The summed E-state index contributed by atoms with van der Waals surface area (Å²) in [4.78, 5) is 12.7. The lowest BCUT2D eigenvalue weighted by Crippen LogP contribution is -2.15. The van der Waals surface area contributed by atoms with Crippen LogP contribution in [0.1, 0.15) is 27.3 Å². The summed E-state index contributed by atoms with van der Waals surface area (Å²) < 4.78 is 12.2. The molecule has 1 heterocycles. The highest BCUT2D eigenvalue weighted by Crippen LogP contribution is 2.29. The van der Waals surface area contributed by atoms with E-state index in [1.807, 2.05) is 32.9 Å². The number of aromatic nitrogens is 3. The molecule has 0 spiro atoms. The monoisotopic (exact) mass is 366 g/mol. The Hall–Kier alpha value is -3.35. The van der Waals surface area contributed by atoms with Crippen LogP contribution in [-0.2, 0) is 0 Å². The molecule has 2 aromatic carbocycles. The van der Waals surface area contributed by atoms with E-state index in [1.165, 1.54) is 7.11 Å². The maximum atomic E-state index is 12.7. The average Bonchev–Trinajstić information content (AvgIpc) is 3.02. The average molecular weight is 366 g/mol. The van der Waals surface area contributed by atoms with Crippen molar-refractivity contribution in [2.45, 2.75) is 20.8 Å². The second-order valence-corrected chi connectivity index (χ2v) is 6.30. The molecular weight excluding hydrogens is 344 g/mol. The second-order valence-electron chi connectivity index (χ2n) is 6.30. The Morgan fingerprint density at radius 2 is 1.70 bits per heavy atom. The minimum Gasteiger partial charge on any atom is -0.497 e. The number of nitrogens with zero attached hydrogens (tertiary/aromatic N) is 3. The van der Waals surface area contributed by atoms with Crippen molar-refractivity contribution in [2.24, 2.45) is 0 Å². The zero-order valence-corrected chi connectivity index (χ0v) is 16.0. The van der Waals surface area contributed by atoms with Crippen LogP contribution in [0, 0.1) is 20.8 Å². The third-order valence-electron chi connectivity index (χ3n) is 4.22. The van der Waals surface area contributed by atoms with Crippen molar-refractivity contribution in [3.8, 4) is 17.2 Å². The van der Waals surface area contributed by atoms with E-state index in [-0.39, 0.29) is 11.6 Å². The maximum Gasteiger partial charge on any atom is 0.278 e. The van der Waals surface area contributed by atoms with Gasteiger partial charge in [-0.3, -0.25) is 4.79 Å². The first-order valence-electron chi connectivity index (χ1n) is 8.47. The molecule has 0 unspecified atom stereocenters. The molecule has 0 aliphatic carbocycles. The van der Waals surface area contributed by atoms with Crippen LogP contribution >= 0.6 is 0 Å². The van der Waals surface area contributed by atoms with E-state index in [0.717, 1.165) is 16.8 Å². The highest BCUT2D eigenvalue weighted by molar-refractivity contribution is 6.04. The van der Waals surface area contributed by atoms with Gasteiger partial charge in [0.05, 0.1) is 31.3 Å². The summed E-state index contributed by atoms with van der Waals surface area (Å²) in [5.41, 5.74) is 4.56. The molecule has 1 aromatic heterocycles. The Kier molecular flexibility index (Phi) is 5.12. The number of nitrogens with one attached hydrogen (secondary N) is 1. The molecule has 140 valence electrons. The third kappa shape index (κ3) is 3.76. The standard InChI is InChI=1S/C20H22N4O3/c1-12-8-13(2)10-15(9-12)24-14(3)19(22-23-24)20(25)21-17-7-6-16(26-4)11-18(17)27-5/h6-11H,1-5H3,(H,21,25). The van der Waals surface area contributed by atoms with Gasteiger partial charge in [-0.2, -0.15) is 0 Å². The number of benzene rings is 2. The van der Waals surface area contributed by atoms with Gasteiger partial charge < -0.3 is 14.8 Å². The van der Waals surface area contributed by atoms with Gasteiger partial charge in [0.1, 0.15) is 11.5 Å². The lowest BCUT2D eigenvalue weighted by Gasteiger charge is -2.11. The van der Waals surface area contributed by atoms with Gasteiger partial charge in [-0.1, -0.05) is 11.3 Å². The van der Waals surface area contributed by atoms with E-state index < -0.39 is 0 Å². The summed E-state index contributed by atoms with van der Waals surface area (Å²) in [5.74, 6) is 0.787. The minimum atomic E-state index is -0.355. The van der Waals surface area contributed by atoms with Crippen LogP contribution in [0.15, 0.2) is 36.4 Å². The maximum absolute atomic E-state index is 12.7. The minimum absolute atomic E-state index is 0.257. The fourth-order valence-corrected chi connectivity index (χ4v) is 2.94. The Morgan fingerprint density at radius 1 is 1.00 bits per heavy atom. The first-order valence-corrected chi connectivity index (χ1v) is 8.47. The Morgan fingerprint density at radius 3 is 2.33 bits per heavy atom. The molecular formula is C20H22N4O3. The van der Waals surface area contributed by atoms with Crippen LogP contribution in [0.2, 0.25) is 0 Å². The molecule has 1 amide bonds. The van der Waals surface area contributed by atoms with Gasteiger partial charge in [0.2, 0.25) is 0 Å². The van der Waals surface area contributed by atoms with Gasteiger partial charge in [-0.15, -0.1) is 5.10 Å². The molecule has 0 atom stereocenters. The summed E-state index contributed by atoms with van der Waals surface area (Å²) >= 11 is 0. The number of hydrogen-bond acceptors (Lipinski definition) is 5. The number of methoxy groups -OCH3 is 2. The molecule has 0 saturated heterocycles. The summed E-state index contributed by atoms with van der Waals surface area (Å²) in [6.07, 6.45) is 0. The summed E-state index contributed by atoms with van der Waals surface area (Å²) in [5, 5.41) is 11.0. The van der Waals surface area contributed by atoms with Crippen molar-refractivity contribution in [1.29, 1.82) is 0 Å². The zero-order valence-electron chi connectivity index (χ0n) is 16.0. The molecule has 7 heteroatoms. The summed E-state index contributed by atoms with van der Waals surface area (Å²) in [6.45, 7) is 5.86. The predicted molar refractivity (Wildman–Crippen MR) is 103 cm³/mol. The molecule has 27 heavy (non-hydrogen) atoms. The van der Waals surface area contributed by atoms with E-state index >= 15 is 0 Å². The Balaban J connectivity index is 1.90. The van der Waals surface area contributed by atoms with Gasteiger partial charge in [0, 0.05) is 6.07 Å². The Bertz CT molecular complexity index is 975. The molecule has 0 aliphatic rings. The molecule has 3 rings (SSSR count). The van der Waals surface area contributed by atoms with Gasteiger partial charge in [0.25, 0.3) is 5.91 Å². The number of anilines is 1. The molecule has 0 radical (unpaired) electrons. The zero-order chi connectivity index (χ0) is 19.6. The number of carbonyl (C=O) groups is 1. The van der Waals surface area contributed by atoms with Crippen molar-refractivity contribution >= 4 is 11.6 Å². The normalized spacial score (nSPS) is 10.6. The Labute approximate surface area is 157 Å². The second kappa shape index (κ2) is 7.49. The number of rotatable bonds is 5. The van der Waals surface area contributed by atoms with E-state index in [2.05, 4.69) is 21.7 Å². The van der Waals surface area contributed by atoms with Crippen LogP contribution in [-0.4, -0.2) is 35.1 Å². The van der Waals surface area contributed by atoms with Crippen LogP contribution < -0.4 is 14.8 Å². The largest absolute Gasteiger partial charge is 0.497 e. The number of ether oxygens (including phenoxy) is 2. The quantitative estimate of drug-likeness (QED) is 0.748. The number of aryl methyl sites for hydroxylation is 2. The van der Waals surface area contributed by atoms with Crippen LogP contribution in [0.25, 0.3) is 5.69 Å². The van der Waals surface area contributed by atoms with Crippen molar-refractivity contribution in [2.75, 3.05) is 19.5 Å². The highest BCUT2D eigenvalue weighted by atomic mass is 16.5. The predicted octanol–water partition coefficient (Wildman–Crippen LogP) is 3.46. The van der Waals surface area contributed by atoms with Gasteiger partial charge in [0.15, 0.2) is 5.69 Å². The van der Waals surface area contributed by atoms with Crippen LogP contribution in [0.3, 0.4) is 0 Å². The molecule has 0 bridgehead atoms. The van der Waals surface area contributed by atoms with E-state index in [4.69, 9.17) is 9.47 Å². The molecule has 1 N–H and O–H groups in total. The molecule has 0 saturated carbocycles. The molecule has 0 aliphatic heterocycles. The topological polar surface area (TPSA) is 78.3 Å². The summed E-state index contributed by atoms with van der Waals surface area (Å²) in [7, 11) is 3.10. The molecule has 3 aromatic rings. The SMILES string of the molecule is COc1ccc(NC(=O)c2nnn(-c3cc(C)cc(C)c3)c2C)c(OC)c1. The van der Waals surface area contributed by atoms with Crippen molar-refractivity contribution < 1.29 is 14.3 Å². The first-order chi connectivity index (χ1) is 12.9. The lowest BCUT2D eigenvalue weighted by atomic mass is 10.1. The number of amides is 1. The lowest BCUT2D eigenvalue weighted by molar-refractivity contribution is 0.102. The van der Waals surface area contributed by atoms with Crippen LogP contribution in [0.5, 0.6) is 11.5 Å². The van der Waals surface area contributed by atoms with Crippen LogP contribution in [0.4, 0.5) is 5.69 Å². The van der Waals surface area contributed by atoms with E-state index in [1.54, 1.807) is 30.0 Å². The third-order valence-corrected chi connectivity index (χ3v) is 4.22. The van der Waals surface area contributed by atoms with Gasteiger partial charge in [-0.05, 0) is 56.2 Å². The molecule has 0 fully saturated rings. The van der Waals surface area contributed by atoms with Crippen molar-refractivity contribution in [3.63, 3.8) is 0 Å². The summed E-state index contributed by atoms with van der Waals surface area (Å²) in [6, 6.07) is 11.3. The van der Waals surface area contributed by atoms with Gasteiger partial charge in [-0.25, -0.2) is 4.68 Å². The fourth-order valence-electron chi connectivity index (χ4n) is 2.94. The van der Waals surface area contributed by atoms with Crippen molar-refractivity contribution in [3.05, 3.63) is 58.9 Å². The highest BCUT2D eigenvalue weighted by Gasteiger charge is 2.19. The number of carbonyl (C=O) groups excluding carboxylic acids is 1. The van der Waals surface area contributed by atoms with Gasteiger partial charge >= 0.3 is 0 Å². The number of hydrogen-bond donors (Lipinski definition) is 1. The van der Waals surface area contributed by atoms with Crippen molar-refractivity contribution in [1.82, 2.24) is 15.0 Å².